The monoisotopic (exact) mass is 268 g/mol. The topological polar surface area (TPSA) is 43.8 Å². The Morgan fingerprint density at radius 2 is 2.06 bits per heavy atom. The maximum atomic E-state index is 12.9. The fraction of sp³-hybridized carbons (Fsp3) is 0.909. The van der Waals surface area contributed by atoms with Gasteiger partial charge in [0, 0.05) is 25.7 Å². The van der Waals surface area contributed by atoms with Crippen LogP contribution < -0.4 is 0 Å². The zero-order chi connectivity index (χ0) is 13.9. The van der Waals surface area contributed by atoms with Crippen LogP contribution in [0.5, 0.6) is 0 Å². The molecule has 0 aromatic rings. The van der Waals surface area contributed by atoms with E-state index < -0.39 is 24.6 Å². The molecule has 18 heavy (non-hydrogen) atoms. The number of hydrogen-bond donors (Lipinski definition) is 1. The molecule has 0 bridgehead atoms. The van der Waals surface area contributed by atoms with Gasteiger partial charge in [-0.2, -0.15) is 13.2 Å². The van der Waals surface area contributed by atoms with Crippen LogP contribution in [0.15, 0.2) is 0 Å². The van der Waals surface area contributed by atoms with Crippen molar-refractivity contribution in [2.75, 3.05) is 26.7 Å². The second-order valence-electron chi connectivity index (χ2n) is 4.69. The highest BCUT2D eigenvalue weighted by Crippen LogP contribution is 2.29. The van der Waals surface area contributed by atoms with E-state index in [1.54, 1.807) is 0 Å². The van der Waals surface area contributed by atoms with E-state index in [1.807, 2.05) is 18.9 Å². The summed E-state index contributed by atoms with van der Waals surface area (Å²) in [7, 11) is 1.88. The summed E-state index contributed by atoms with van der Waals surface area (Å²) in [5, 5.41) is 8.62. The number of alkyl halides is 3. The lowest BCUT2D eigenvalue weighted by Gasteiger charge is -2.42. The van der Waals surface area contributed by atoms with Crippen molar-refractivity contribution in [1.82, 2.24) is 9.80 Å². The Morgan fingerprint density at radius 3 is 2.50 bits per heavy atom. The Labute approximate surface area is 104 Å². The van der Waals surface area contributed by atoms with Gasteiger partial charge in [-0.05, 0) is 13.5 Å². The molecule has 106 valence electrons. The minimum atomic E-state index is -4.49. The Bertz CT molecular complexity index is 297. The number of carbonyl (C=O) groups is 1. The summed E-state index contributed by atoms with van der Waals surface area (Å²) in [6, 6.07) is -1.82. The van der Waals surface area contributed by atoms with Gasteiger partial charge in [0.25, 0.3) is 0 Å². The van der Waals surface area contributed by atoms with Gasteiger partial charge in [0.1, 0.15) is 6.04 Å². The van der Waals surface area contributed by atoms with Crippen LogP contribution >= 0.6 is 0 Å². The molecule has 2 unspecified atom stereocenters. The minimum Gasteiger partial charge on any atom is -0.481 e. The number of carboxylic acids is 1. The zero-order valence-corrected chi connectivity index (χ0v) is 10.6. The van der Waals surface area contributed by atoms with Crippen molar-refractivity contribution in [3.05, 3.63) is 0 Å². The first kappa shape index (κ1) is 15.2. The maximum absolute atomic E-state index is 12.9. The van der Waals surface area contributed by atoms with Crippen molar-refractivity contribution in [3.63, 3.8) is 0 Å². The fourth-order valence-electron chi connectivity index (χ4n) is 2.31. The number of nitrogens with zero attached hydrogens (tertiary/aromatic N) is 2. The van der Waals surface area contributed by atoms with Crippen LogP contribution in [0.1, 0.15) is 19.8 Å². The number of carboxylic acid groups (broad SMARTS) is 1. The highest BCUT2D eigenvalue weighted by molar-refractivity contribution is 5.67. The largest absolute Gasteiger partial charge is 0.481 e. The van der Waals surface area contributed by atoms with Gasteiger partial charge in [-0.1, -0.05) is 6.92 Å². The summed E-state index contributed by atoms with van der Waals surface area (Å²) >= 11 is 0. The van der Waals surface area contributed by atoms with Gasteiger partial charge in [0.05, 0.1) is 6.42 Å². The Hall–Kier alpha value is -0.820. The zero-order valence-electron chi connectivity index (χ0n) is 10.6. The van der Waals surface area contributed by atoms with E-state index in [1.165, 1.54) is 4.90 Å². The van der Waals surface area contributed by atoms with Gasteiger partial charge in [-0.25, -0.2) is 0 Å². The molecule has 0 radical (unpaired) electrons. The lowest BCUT2D eigenvalue weighted by atomic mass is 10.1. The molecule has 0 spiro atoms. The summed E-state index contributed by atoms with van der Waals surface area (Å²) < 4.78 is 38.6. The number of hydrogen-bond acceptors (Lipinski definition) is 3. The predicted molar refractivity (Wildman–Crippen MR) is 60.4 cm³/mol. The fourth-order valence-corrected chi connectivity index (χ4v) is 2.31. The first-order valence-electron chi connectivity index (χ1n) is 5.98. The van der Waals surface area contributed by atoms with E-state index in [9.17, 15) is 18.0 Å². The van der Waals surface area contributed by atoms with Crippen molar-refractivity contribution in [2.45, 2.75) is 38.0 Å². The molecule has 0 amide bonds. The minimum absolute atomic E-state index is 0.0531. The Balaban J connectivity index is 2.77. The molecular formula is C11H19F3N2O2. The molecule has 2 atom stereocenters. The molecule has 1 fully saturated rings. The quantitative estimate of drug-likeness (QED) is 0.837. The van der Waals surface area contributed by atoms with Crippen LogP contribution in [-0.4, -0.2) is 65.8 Å². The molecule has 0 aliphatic carbocycles. The highest BCUT2D eigenvalue weighted by Gasteiger charge is 2.46. The molecule has 1 aliphatic rings. The normalized spacial score (nSPS) is 25.1. The standard InChI is InChI=1S/C11H19F3N2O2/c1-3-8-7-16(5-4-15(8)2)9(6-10(17)18)11(12,13)14/h8-9H,3-7H2,1-2H3,(H,17,18). The van der Waals surface area contributed by atoms with E-state index in [2.05, 4.69) is 0 Å². The SMILES string of the molecule is CCC1CN(C(CC(=O)O)C(F)(F)F)CCN1C. The van der Waals surface area contributed by atoms with Crippen molar-refractivity contribution in [2.24, 2.45) is 0 Å². The predicted octanol–water partition coefficient (Wildman–Crippen LogP) is 1.42. The summed E-state index contributed by atoms with van der Waals surface area (Å²) in [6.07, 6.45) is -4.62. The number of rotatable bonds is 4. The molecule has 0 aromatic carbocycles. The molecule has 1 aliphatic heterocycles. The molecular weight excluding hydrogens is 249 g/mol. The average molecular weight is 268 g/mol. The smallest absolute Gasteiger partial charge is 0.404 e. The third kappa shape index (κ3) is 3.84. The maximum Gasteiger partial charge on any atom is 0.404 e. The first-order valence-corrected chi connectivity index (χ1v) is 5.98. The van der Waals surface area contributed by atoms with Crippen LogP contribution in [0.4, 0.5) is 13.2 Å². The van der Waals surface area contributed by atoms with E-state index in [4.69, 9.17) is 5.11 Å². The van der Waals surface area contributed by atoms with Gasteiger partial charge >= 0.3 is 12.1 Å². The summed E-state index contributed by atoms with van der Waals surface area (Å²) in [5.74, 6) is -1.41. The average Bonchev–Trinajstić information content (AvgIpc) is 2.25. The van der Waals surface area contributed by atoms with Crippen molar-refractivity contribution in [1.29, 1.82) is 0 Å². The number of halogens is 3. The Kier molecular flexibility index (Phi) is 4.98. The van der Waals surface area contributed by atoms with E-state index in [0.717, 1.165) is 6.42 Å². The second kappa shape index (κ2) is 5.88. The van der Waals surface area contributed by atoms with Gasteiger partial charge in [-0.3, -0.25) is 9.69 Å². The molecule has 1 saturated heterocycles. The number of piperazine rings is 1. The lowest BCUT2D eigenvalue weighted by molar-refractivity contribution is -0.195. The Morgan fingerprint density at radius 1 is 1.44 bits per heavy atom. The van der Waals surface area contributed by atoms with Crippen LogP contribution in [0, 0.1) is 0 Å². The van der Waals surface area contributed by atoms with Crippen molar-refractivity contribution < 1.29 is 23.1 Å². The number of aliphatic carboxylic acids is 1. The van der Waals surface area contributed by atoms with E-state index in [0.29, 0.717) is 6.54 Å². The van der Waals surface area contributed by atoms with E-state index >= 15 is 0 Å². The third-order valence-corrected chi connectivity index (χ3v) is 3.47. The summed E-state index contributed by atoms with van der Waals surface area (Å²) in [5.41, 5.74) is 0. The van der Waals surface area contributed by atoms with Crippen LogP contribution in [0.2, 0.25) is 0 Å². The molecule has 1 heterocycles. The van der Waals surface area contributed by atoms with Crippen molar-refractivity contribution in [3.8, 4) is 0 Å². The summed E-state index contributed by atoms with van der Waals surface area (Å²) in [4.78, 5) is 13.8. The summed E-state index contributed by atoms with van der Waals surface area (Å²) in [6.45, 7) is 2.98. The molecule has 1 N–H and O–H groups in total. The van der Waals surface area contributed by atoms with Crippen LogP contribution in [0.25, 0.3) is 0 Å². The van der Waals surface area contributed by atoms with Crippen molar-refractivity contribution >= 4 is 5.97 Å². The molecule has 0 saturated carbocycles. The van der Waals surface area contributed by atoms with Gasteiger partial charge in [-0.15, -0.1) is 0 Å². The van der Waals surface area contributed by atoms with Gasteiger partial charge in [0.15, 0.2) is 0 Å². The lowest BCUT2D eigenvalue weighted by Crippen LogP contribution is -2.58. The van der Waals surface area contributed by atoms with Gasteiger partial charge < -0.3 is 10.0 Å². The molecule has 7 heteroatoms. The molecule has 4 nitrogen and oxygen atoms in total. The van der Waals surface area contributed by atoms with E-state index in [-0.39, 0.29) is 19.1 Å². The highest BCUT2D eigenvalue weighted by atomic mass is 19.4. The first-order chi connectivity index (χ1) is 8.25. The number of likely N-dealkylation sites (N-methyl/N-ethyl adjacent to an activating group) is 1. The van der Waals surface area contributed by atoms with Gasteiger partial charge in [0.2, 0.25) is 0 Å². The molecule has 0 aromatic heterocycles. The third-order valence-electron chi connectivity index (χ3n) is 3.47. The van der Waals surface area contributed by atoms with Crippen LogP contribution in [-0.2, 0) is 4.79 Å². The van der Waals surface area contributed by atoms with Crippen LogP contribution in [0.3, 0.4) is 0 Å². The second-order valence-corrected chi connectivity index (χ2v) is 4.69. The molecule has 1 rings (SSSR count).